The number of esters is 1. The lowest BCUT2D eigenvalue weighted by Gasteiger charge is -2.34. The second-order valence-corrected chi connectivity index (χ2v) is 9.56. The van der Waals surface area contributed by atoms with E-state index in [1.165, 1.54) is 0 Å². The van der Waals surface area contributed by atoms with E-state index in [9.17, 15) is 9.36 Å². The molecule has 1 rings (SSSR count). The molecule has 0 aliphatic heterocycles. The second-order valence-electron chi connectivity index (χ2n) is 6.31. The third-order valence-electron chi connectivity index (χ3n) is 4.77. The van der Waals surface area contributed by atoms with E-state index in [-0.39, 0.29) is 19.8 Å². The Hall–Kier alpha value is 0.350. The highest BCUT2D eigenvalue weighted by Gasteiger charge is 2.63. The molecule has 0 aromatic heterocycles. The fourth-order valence-electron chi connectivity index (χ4n) is 3.66. The molecule has 0 bridgehead atoms. The summed E-state index contributed by atoms with van der Waals surface area (Å²) < 4.78 is 31.1. The molecule has 0 heterocycles. The van der Waals surface area contributed by atoms with Crippen molar-refractivity contribution in [1.29, 1.82) is 0 Å². The quantitative estimate of drug-likeness (QED) is 0.178. The summed E-state index contributed by atoms with van der Waals surface area (Å²) in [6, 6.07) is 0. The summed E-state index contributed by atoms with van der Waals surface area (Å²) in [4.78, 5) is 12.9. The van der Waals surface area contributed by atoms with Gasteiger partial charge in [-0.3, -0.25) is 9.36 Å². The van der Waals surface area contributed by atoms with Gasteiger partial charge in [0, 0.05) is 4.43 Å². The SMILES string of the molecule is CCCC[C@H]1C[C@@](C(=O)OCC)(P(=O)(OCC)OCC)C[C@H]1CI. The van der Waals surface area contributed by atoms with Crippen LogP contribution in [0.5, 0.6) is 0 Å². The lowest BCUT2D eigenvalue weighted by molar-refractivity contribution is -0.147. The van der Waals surface area contributed by atoms with Gasteiger partial charge in [-0.05, 0) is 45.4 Å². The van der Waals surface area contributed by atoms with Gasteiger partial charge in [0.25, 0.3) is 0 Å². The van der Waals surface area contributed by atoms with Crippen molar-refractivity contribution in [2.75, 3.05) is 24.2 Å². The van der Waals surface area contributed by atoms with Crippen molar-refractivity contribution < 1.29 is 23.1 Å². The van der Waals surface area contributed by atoms with Crippen LogP contribution in [0.4, 0.5) is 0 Å². The molecule has 0 aromatic carbocycles. The maximum Gasteiger partial charge on any atom is 0.347 e. The average Bonchev–Trinajstić information content (AvgIpc) is 2.94. The van der Waals surface area contributed by atoms with Crippen molar-refractivity contribution in [3.63, 3.8) is 0 Å². The summed E-state index contributed by atoms with van der Waals surface area (Å²) in [6.45, 7) is 8.29. The third-order valence-corrected chi connectivity index (χ3v) is 8.69. The summed E-state index contributed by atoms with van der Waals surface area (Å²) in [5.74, 6) is 0.292. The number of ether oxygens (including phenoxy) is 1. The first kappa shape index (κ1) is 22.4. The van der Waals surface area contributed by atoms with Crippen molar-refractivity contribution in [3.8, 4) is 0 Å². The smallest absolute Gasteiger partial charge is 0.347 e. The molecule has 0 amide bonds. The Kier molecular flexibility index (Phi) is 9.78. The molecule has 24 heavy (non-hydrogen) atoms. The zero-order valence-electron chi connectivity index (χ0n) is 15.4. The Morgan fingerprint density at radius 1 is 1.08 bits per heavy atom. The van der Waals surface area contributed by atoms with Gasteiger partial charge in [-0.25, -0.2) is 0 Å². The number of halogens is 1. The monoisotopic (exact) mass is 474 g/mol. The minimum absolute atomic E-state index is 0.257. The summed E-state index contributed by atoms with van der Waals surface area (Å²) in [5.41, 5.74) is 0. The normalized spacial score (nSPS) is 27.4. The van der Waals surface area contributed by atoms with Crippen molar-refractivity contribution in [3.05, 3.63) is 0 Å². The topological polar surface area (TPSA) is 61.8 Å². The van der Waals surface area contributed by atoms with Gasteiger partial charge in [-0.1, -0.05) is 48.8 Å². The number of alkyl halides is 1. The van der Waals surface area contributed by atoms with Gasteiger partial charge in [-0.15, -0.1) is 0 Å². The van der Waals surface area contributed by atoms with Gasteiger partial charge < -0.3 is 13.8 Å². The standard InChI is InChI=1S/C17H32IO5P/c1-5-9-10-14-11-17(12-15(14)13-18,16(19)21-6-2)24(20,22-7-3)23-8-4/h14-15H,5-13H2,1-4H3/t14-,15-,17+/m0/s1. The van der Waals surface area contributed by atoms with E-state index in [4.69, 9.17) is 13.8 Å². The number of unbranched alkanes of at least 4 members (excludes halogenated alkanes) is 1. The van der Waals surface area contributed by atoms with Gasteiger partial charge in [0.05, 0.1) is 19.8 Å². The fraction of sp³-hybridized carbons (Fsp3) is 0.941. The van der Waals surface area contributed by atoms with Crippen LogP contribution in [-0.4, -0.2) is 35.4 Å². The van der Waals surface area contributed by atoms with Crippen molar-refractivity contribution >= 4 is 36.2 Å². The minimum atomic E-state index is -3.58. The lowest BCUT2D eigenvalue weighted by atomic mass is 9.92. The van der Waals surface area contributed by atoms with E-state index in [1.54, 1.807) is 20.8 Å². The first-order valence-electron chi connectivity index (χ1n) is 9.06. The fourth-order valence-corrected chi connectivity index (χ4v) is 7.14. The molecule has 0 aromatic rings. The molecule has 0 unspecified atom stereocenters. The highest BCUT2D eigenvalue weighted by atomic mass is 127. The molecule has 0 N–H and O–H groups in total. The Labute approximate surface area is 160 Å². The summed E-state index contributed by atoms with van der Waals surface area (Å²) >= 11 is 2.37. The summed E-state index contributed by atoms with van der Waals surface area (Å²) in [5, 5.41) is -1.15. The van der Waals surface area contributed by atoms with Crippen molar-refractivity contribution in [2.45, 2.75) is 65.0 Å². The highest BCUT2D eigenvalue weighted by Crippen LogP contribution is 2.68. The molecule has 5 nitrogen and oxygen atoms in total. The van der Waals surface area contributed by atoms with Crippen LogP contribution >= 0.6 is 30.2 Å². The Balaban J connectivity index is 3.25. The first-order valence-corrected chi connectivity index (χ1v) is 12.1. The van der Waals surface area contributed by atoms with E-state index in [1.807, 2.05) is 0 Å². The zero-order valence-corrected chi connectivity index (χ0v) is 18.4. The van der Waals surface area contributed by atoms with E-state index in [0.29, 0.717) is 24.7 Å². The van der Waals surface area contributed by atoms with Gasteiger partial charge >= 0.3 is 13.6 Å². The molecule has 0 spiro atoms. The van der Waals surface area contributed by atoms with Gasteiger partial charge in [0.2, 0.25) is 0 Å². The van der Waals surface area contributed by atoms with Crippen LogP contribution in [0, 0.1) is 11.8 Å². The number of hydrogen-bond donors (Lipinski definition) is 0. The van der Waals surface area contributed by atoms with Crippen molar-refractivity contribution in [1.82, 2.24) is 0 Å². The molecule has 1 aliphatic rings. The maximum atomic E-state index is 13.6. The Bertz CT molecular complexity index is 435. The number of rotatable bonds is 11. The number of hydrogen-bond acceptors (Lipinski definition) is 5. The molecule has 1 fully saturated rings. The lowest BCUT2D eigenvalue weighted by Crippen LogP contribution is -2.39. The predicted octanol–water partition coefficient (Wildman–Crippen LogP) is 5.21. The van der Waals surface area contributed by atoms with Crippen LogP contribution in [0.2, 0.25) is 0 Å². The van der Waals surface area contributed by atoms with E-state index >= 15 is 0 Å². The predicted molar refractivity (Wildman–Crippen MR) is 105 cm³/mol. The molecule has 7 heteroatoms. The molecule has 142 valence electrons. The largest absolute Gasteiger partial charge is 0.465 e. The molecular weight excluding hydrogens is 442 g/mol. The van der Waals surface area contributed by atoms with E-state index in [0.717, 1.165) is 23.7 Å². The van der Waals surface area contributed by atoms with Crippen LogP contribution in [0.15, 0.2) is 0 Å². The third kappa shape index (κ3) is 4.74. The average molecular weight is 474 g/mol. The van der Waals surface area contributed by atoms with Crippen LogP contribution in [0.1, 0.15) is 59.8 Å². The molecule has 1 saturated carbocycles. The van der Waals surface area contributed by atoms with Crippen LogP contribution < -0.4 is 0 Å². The van der Waals surface area contributed by atoms with Crippen LogP contribution in [-0.2, 0) is 23.1 Å². The maximum absolute atomic E-state index is 13.6. The van der Waals surface area contributed by atoms with E-state index < -0.39 is 18.7 Å². The molecule has 0 radical (unpaired) electrons. The highest BCUT2D eigenvalue weighted by molar-refractivity contribution is 14.1. The molecule has 3 atom stereocenters. The van der Waals surface area contributed by atoms with Crippen LogP contribution in [0.25, 0.3) is 0 Å². The van der Waals surface area contributed by atoms with Gasteiger partial charge in [0.1, 0.15) is 0 Å². The Morgan fingerprint density at radius 3 is 2.12 bits per heavy atom. The second kappa shape index (κ2) is 10.5. The minimum Gasteiger partial charge on any atom is -0.465 e. The van der Waals surface area contributed by atoms with Gasteiger partial charge in [0.15, 0.2) is 5.16 Å². The molecule has 1 aliphatic carbocycles. The van der Waals surface area contributed by atoms with Crippen LogP contribution in [0.3, 0.4) is 0 Å². The first-order chi connectivity index (χ1) is 11.4. The van der Waals surface area contributed by atoms with Gasteiger partial charge in [-0.2, -0.15) is 0 Å². The number of carbonyl (C=O) groups excluding carboxylic acids is 1. The van der Waals surface area contributed by atoms with E-state index in [2.05, 4.69) is 29.5 Å². The number of carbonyl (C=O) groups is 1. The summed E-state index contributed by atoms with van der Waals surface area (Å²) in [7, 11) is -3.58. The molecule has 0 saturated heterocycles. The molecular formula is C17H32IO5P. The Morgan fingerprint density at radius 2 is 1.67 bits per heavy atom. The zero-order chi connectivity index (χ0) is 18.2. The van der Waals surface area contributed by atoms with Crippen molar-refractivity contribution in [2.24, 2.45) is 11.8 Å². The summed E-state index contributed by atoms with van der Waals surface area (Å²) in [6.07, 6.45) is 4.34.